The number of ether oxygens (including phenoxy) is 1. The van der Waals surface area contributed by atoms with Crippen molar-refractivity contribution in [3.05, 3.63) is 30.1 Å². The van der Waals surface area contributed by atoms with Crippen LogP contribution in [-0.2, 0) is 22.5 Å². The maximum absolute atomic E-state index is 12.4. The number of aliphatic hydroxyl groups is 1. The first-order valence-electron chi connectivity index (χ1n) is 7.20. The highest BCUT2D eigenvalue weighted by molar-refractivity contribution is 5.81. The number of hydrogen-bond acceptors (Lipinski definition) is 4. The third-order valence-corrected chi connectivity index (χ3v) is 3.73. The van der Waals surface area contributed by atoms with E-state index < -0.39 is 0 Å². The van der Waals surface area contributed by atoms with Crippen molar-refractivity contribution in [2.75, 3.05) is 32.9 Å². The zero-order chi connectivity index (χ0) is 14.7. The van der Waals surface area contributed by atoms with E-state index in [1.54, 1.807) is 0 Å². The molecule has 0 unspecified atom stereocenters. The van der Waals surface area contributed by atoms with E-state index in [4.69, 9.17) is 4.74 Å². The highest BCUT2D eigenvalue weighted by atomic mass is 16.5. The van der Waals surface area contributed by atoms with Gasteiger partial charge in [0.05, 0.1) is 30.9 Å². The molecular weight excluding hydrogens is 270 g/mol. The van der Waals surface area contributed by atoms with Gasteiger partial charge < -0.3 is 19.3 Å². The van der Waals surface area contributed by atoms with Gasteiger partial charge in [0.2, 0.25) is 5.91 Å². The topological polar surface area (TPSA) is 67.6 Å². The van der Waals surface area contributed by atoms with Gasteiger partial charge in [0.1, 0.15) is 12.4 Å². The molecule has 1 aromatic heterocycles. The van der Waals surface area contributed by atoms with Crippen LogP contribution in [0.4, 0.5) is 0 Å². The monoisotopic (exact) mass is 289 g/mol. The summed E-state index contributed by atoms with van der Waals surface area (Å²) in [5.41, 5.74) is 1.79. The molecule has 1 aromatic carbocycles. The minimum Gasteiger partial charge on any atom is -0.396 e. The van der Waals surface area contributed by atoms with Crippen molar-refractivity contribution in [3.63, 3.8) is 0 Å². The zero-order valence-electron chi connectivity index (χ0n) is 11.9. The number of carbonyl (C=O) groups is 1. The first-order chi connectivity index (χ1) is 10.3. The molecule has 1 saturated heterocycles. The predicted molar refractivity (Wildman–Crippen MR) is 77.9 cm³/mol. The van der Waals surface area contributed by atoms with Crippen molar-refractivity contribution in [2.24, 2.45) is 0 Å². The molecule has 0 spiro atoms. The smallest absolute Gasteiger partial charge is 0.242 e. The molecule has 1 N–H and O–H groups in total. The van der Waals surface area contributed by atoms with Gasteiger partial charge in [-0.1, -0.05) is 12.1 Å². The van der Waals surface area contributed by atoms with E-state index in [2.05, 4.69) is 4.98 Å². The molecule has 0 atom stereocenters. The summed E-state index contributed by atoms with van der Waals surface area (Å²) in [6.45, 7) is 2.76. The largest absolute Gasteiger partial charge is 0.396 e. The molecule has 112 valence electrons. The molecule has 0 saturated carbocycles. The van der Waals surface area contributed by atoms with Crippen LogP contribution in [-0.4, -0.2) is 58.4 Å². The summed E-state index contributed by atoms with van der Waals surface area (Å²) in [7, 11) is 0. The minimum absolute atomic E-state index is 0.0229. The van der Waals surface area contributed by atoms with Gasteiger partial charge in [0.15, 0.2) is 0 Å². The van der Waals surface area contributed by atoms with E-state index in [9.17, 15) is 9.90 Å². The Balaban J connectivity index is 1.87. The number of fused-ring (bicyclic) bond motifs is 1. The van der Waals surface area contributed by atoms with Crippen LogP contribution < -0.4 is 0 Å². The van der Waals surface area contributed by atoms with E-state index in [1.807, 2.05) is 33.7 Å². The summed E-state index contributed by atoms with van der Waals surface area (Å²) < 4.78 is 7.18. The van der Waals surface area contributed by atoms with Gasteiger partial charge in [-0.2, -0.15) is 0 Å². The Bertz CT molecular complexity index is 632. The van der Waals surface area contributed by atoms with Gasteiger partial charge in [-0.3, -0.25) is 4.79 Å². The van der Waals surface area contributed by atoms with Crippen molar-refractivity contribution in [2.45, 2.75) is 13.0 Å². The first kappa shape index (κ1) is 14.0. The Morgan fingerprint density at radius 1 is 1.29 bits per heavy atom. The van der Waals surface area contributed by atoms with Crippen LogP contribution in [0.5, 0.6) is 0 Å². The molecule has 6 nitrogen and oxygen atoms in total. The fraction of sp³-hybridized carbons (Fsp3) is 0.467. The van der Waals surface area contributed by atoms with Crippen molar-refractivity contribution in [1.29, 1.82) is 0 Å². The summed E-state index contributed by atoms with van der Waals surface area (Å²) in [6.07, 6.45) is 0.449. The lowest BCUT2D eigenvalue weighted by Gasteiger charge is -2.27. The highest BCUT2D eigenvalue weighted by Crippen LogP contribution is 2.17. The Morgan fingerprint density at radius 2 is 2.05 bits per heavy atom. The minimum atomic E-state index is 0.0229. The lowest BCUT2D eigenvalue weighted by Crippen LogP contribution is -2.42. The van der Waals surface area contributed by atoms with Crippen LogP contribution in [0, 0.1) is 0 Å². The number of hydrogen-bond donors (Lipinski definition) is 1. The highest BCUT2D eigenvalue weighted by Gasteiger charge is 2.19. The van der Waals surface area contributed by atoms with Gasteiger partial charge in [-0.15, -0.1) is 0 Å². The van der Waals surface area contributed by atoms with Crippen molar-refractivity contribution in [1.82, 2.24) is 14.5 Å². The van der Waals surface area contributed by atoms with Gasteiger partial charge >= 0.3 is 0 Å². The molecule has 0 aliphatic carbocycles. The van der Waals surface area contributed by atoms with E-state index >= 15 is 0 Å². The van der Waals surface area contributed by atoms with Gasteiger partial charge in [-0.05, 0) is 12.1 Å². The summed E-state index contributed by atoms with van der Waals surface area (Å²) in [5.74, 6) is 0.820. The van der Waals surface area contributed by atoms with E-state index in [0.717, 1.165) is 16.9 Å². The standard InChI is InChI=1S/C15H19N3O3/c19-8-5-14-16-12-3-1-2-4-13(12)18(14)11-15(20)17-6-9-21-10-7-17/h1-4,19H,5-11H2. The maximum atomic E-state index is 12.4. The molecule has 21 heavy (non-hydrogen) atoms. The molecule has 1 aliphatic rings. The molecule has 3 rings (SSSR count). The number of imidazole rings is 1. The van der Waals surface area contributed by atoms with Crippen LogP contribution in [0.25, 0.3) is 11.0 Å². The molecule has 0 bridgehead atoms. The second-order valence-corrected chi connectivity index (χ2v) is 5.07. The molecule has 2 aromatic rings. The lowest BCUT2D eigenvalue weighted by molar-refractivity contribution is -0.135. The summed E-state index contributed by atoms with van der Waals surface area (Å²) in [6, 6.07) is 7.73. The zero-order valence-corrected chi connectivity index (χ0v) is 11.9. The molecule has 1 amide bonds. The number of nitrogens with zero attached hydrogens (tertiary/aromatic N) is 3. The SMILES string of the molecule is O=C(Cn1c(CCO)nc2ccccc21)N1CCOCC1. The van der Waals surface area contributed by atoms with Crippen LogP contribution in [0.15, 0.2) is 24.3 Å². The number of benzene rings is 1. The van der Waals surface area contributed by atoms with Crippen LogP contribution >= 0.6 is 0 Å². The molecule has 1 aliphatic heterocycles. The average Bonchev–Trinajstić information content (AvgIpc) is 2.86. The molecule has 2 heterocycles. The number of aromatic nitrogens is 2. The fourth-order valence-corrected chi connectivity index (χ4v) is 2.64. The summed E-state index contributed by atoms with van der Waals surface area (Å²) in [4.78, 5) is 18.8. The predicted octanol–water partition coefficient (Wildman–Crippen LogP) is 0.430. The second-order valence-electron chi connectivity index (χ2n) is 5.07. The average molecular weight is 289 g/mol. The van der Waals surface area contributed by atoms with Gasteiger partial charge in [-0.25, -0.2) is 4.98 Å². The third-order valence-electron chi connectivity index (χ3n) is 3.73. The van der Waals surface area contributed by atoms with Crippen LogP contribution in [0.3, 0.4) is 0 Å². The Hall–Kier alpha value is -1.92. The number of morpholine rings is 1. The third kappa shape index (κ3) is 2.91. The molecular formula is C15H19N3O3. The summed E-state index contributed by atoms with van der Waals surface area (Å²) in [5, 5.41) is 9.19. The number of amides is 1. The van der Waals surface area contributed by atoms with E-state index in [-0.39, 0.29) is 19.1 Å². The van der Waals surface area contributed by atoms with Crippen LogP contribution in [0.2, 0.25) is 0 Å². The Morgan fingerprint density at radius 3 is 2.81 bits per heavy atom. The lowest BCUT2D eigenvalue weighted by atomic mass is 10.3. The normalized spacial score (nSPS) is 15.6. The fourth-order valence-electron chi connectivity index (χ4n) is 2.64. The van der Waals surface area contributed by atoms with E-state index in [0.29, 0.717) is 32.7 Å². The van der Waals surface area contributed by atoms with Crippen molar-refractivity contribution < 1.29 is 14.6 Å². The van der Waals surface area contributed by atoms with Gasteiger partial charge in [0, 0.05) is 19.5 Å². The second kappa shape index (κ2) is 6.24. The number of para-hydroxylation sites is 2. The van der Waals surface area contributed by atoms with Crippen molar-refractivity contribution >= 4 is 16.9 Å². The Labute approximate surface area is 122 Å². The van der Waals surface area contributed by atoms with Gasteiger partial charge in [0.25, 0.3) is 0 Å². The van der Waals surface area contributed by atoms with Crippen LogP contribution in [0.1, 0.15) is 5.82 Å². The van der Waals surface area contributed by atoms with E-state index in [1.165, 1.54) is 0 Å². The molecule has 6 heteroatoms. The number of rotatable bonds is 4. The molecule has 1 fully saturated rings. The maximum Gasteiger partial charge on any atom is 0.242 e. The number of carbonyl (C=O) groups excluding carboxylic acids is 1. The Kier molecular flexibility index (Phi) is 4.17. The first-order valence-corrected chi connectivity index (χ1v) is 7.20. The summed E-state index contributed by atoms with van der Waals surface area (Å²) >= 11 is 0. The number of aliphatic hydroxyl groups excluding tert-OH is 1. The quantitative estimate of drug-likeness (QED) is 0.886. The molecule has 0 radical (unpaired) electrons. The van der Waals surface area contributed by atoms with Crippen molar-refractivity contribution in [3.8, 4) is 0 Å².